The van der Waals surface area contributed by atoms with Gasteiger partial charge in [-0.2, -0.15) is 4.39 Å². The fraction of sp³-hybridized carbons (Fsp3) is 0.154. The molecule has 1 aromatic carbocycles. The summed E-state index contributed by atoms with van der Waals surface area (Å²) in [5.41, 5.74) is 1.32. The molecule has 98 valence electrons. The quantitative estimate of drug-likeness (QED) is 0.482. The van der Waals surface area contributed by atoms with Crippen LogP contribution >= 0.6 is 0 Å². The molecule has 0 unspecified atom stereocenters. The molecule has 5 nitrogen and oxygen atoms in total. The van der Waals surface area contributed by atoms with Crippen LogP contribution in [0.3, 0.4) is 0 Å². The highest BCUT2D eigenvalue weighted by Crippen LogP contribution is 2.22. The SMILES string of the molecule is Cc1c(COc2ccc(F)nc2)cccc1[N+](=O)[O-]. The van der Waals surface area contributed by atoms with Crippen LogP contribution in [0.5, 0.6) is 5.75 Å². The maximum Gasteiger partial charge on any atom is 0.272 e. The molecule has 1 heterocycles. The largest absolute Gasteiger partial charge is 0.487 e. The summed E-state index contributed by atoms with van der Waals surface area (Å²) >= 11 is 0. The Morgan fingerprint density at radius 2 is 2.16 bits per heavy atom. The average Bonchev–Trinajstić information content (AvgIpc) is 2.39. The van der Waals surface area contributed by atoms with Gasteiger partial charge in [-0.05, 0) is 24.6 Å². The number of nitro groups is 1. The number of rotatable bonds is 4. The molecule has 0 amide bonds. The molecular weight excluding hydrogens is 251 g/mol. The van der Waals surface area contributed by atoms with Crippen LogP contribution in [0.1, 0.15) is 11.1 Å². The van der Waals surface area contributed by atoms with Crippen LogP contribution in [0.4, 0.5) is 10.1 Å². The second-order valence-corrected chi connectivity index (χ2v) is 3.92. The van der Waals surface area contributed by atoms with Gasteiger partial charge in [0.15, 0.2) is 0 Å². The molecule has 0 saturated carbocycles. The Bertz CT molecular complexity index is 599. The molecule has 0 radical (unpaired) electrons. The molecule has 0 aliphatic rings. The monoisotopic (exact) mass is 262 g/mol. The van der Waals surface area contributed by atoms with Gasteiger partial charge >= 0.3 is 0 Å². The van der Waals surface area contributed by atoms with E-state index in [2.05, 4.69) is 4.98 Å². The molecule has 0 aliphatic carbocycles. The van der Waals surface area contributed by atoms with Crippen LogP contribution in [0.2, 0.25) is 0 Å². The number of aromatic nitrogens is 1. The van der Waals surface area contributed by atoms with Crippen LogP contribution in [0.15, 0.2) is 36.5 Å². The zero-order valence-corrected chi connectivity index (χ0v) is 10.2. The third-order valence-electron chi connectivity index (χ3n) is 2.71. The van der Waals surface area contributed by atoms with Crippen LogP contribution in [0.25, 0.3) is 0 Å². The van der Waals surface area contributed by atoms with Crippen molar-refractivity contribution in [1.82, 2.24) is 4.98 Å². The Morgan fingerprint density at radius 3 is 2.79 bits per heavy atom. The number of hydrogen-bond donors (Lipinski definition) is 0. The molecule has 19 heavy (non-hydrogen) atoms. The van der Waals surface area contributed by atoms with E-state index in [9.17, 15) is 14.5 Å². The fourth-order valence-electron chi connectivity index (χ4n) is 1.63. The van der Waals surface area contributed by atoms with E-state index in [-0.39, 0.29) is 12.3 Å². The molecule has 0 atom stereocenters. The number of nitrogens with zero attached hydrogens (tertiary/aromatic N) is 2. The zero-order valence-electron chi connectivity index (χ0n) is 10.2. The lowest BCUT2D eigenvalue weighted by Crippen LogP contribution is -2.01. The maximum atomic E-state index is 12.6. The predicted octanol–water partition coefficient (Wildman–Crippen LogP) is 3.02. The Morgan fingerprint density at radius 1 is 1.37 bits per heavy atom. The van der Waals surface area contributed by atoms with Crippen LogP contribution in [-0.2, 0) is 6.61 Å². The number of halogens is 1. The third-order valence-corrected chi connectivity index (χ3v) is 2.71. The maximum absolute atomic E-state index is 12.6. The summed E-state index contributed by atoms with van der Waals surface area (Å²) in [4.78, 5) is 13.8. The minimum atomic E-state index is -0.584. The van der Waals surface area contributed by atoms with Crippen molar-refractivity contribution in [2.24, 2.45) is 0 Å². The van der Waals surface area contributed by atoms with Gasteiger partial charge in [-0.15, -0.1) is 0 Å². The normalized spacial score (nSPS) is 10.2. The summed E-state index contributed by atoms with van der Waals surface area (Å²) in [5.74, 6) is -0.175. The van der Waals surface area contributed by atoms with Crippen molar-refractivity contribution in [1.29, 1.82) is 0 Å². The summed E-state index contributed by atoms with van der Waals surface area (Å²) in [6.45, 7) is 1.83. The number of pyridine rings is 1. The van der Waals surface area contributed by atoms with E-state index in [4.69, 9.17) is 4.74 Å². The molecule has 0 spiro atoms. The second kappa shape index (κ2) is 5.43. The lowest BCUT2D eigenvalue weighted by atomic mass is 10.1. The molecule has 2 rings (SSSR count). The van der Waals surface area contributed by atoms with Gasteiger partial charge < -0.3 is 4.74 Å². The highest BCUT2D eigenvalue weighted by molar-refractivity contribution is 5.44. The summed E-state index contributed by atoms with van der Waals surface area (Å²) < 4.78 is 18.0. The van der Waals surface area contributed by atoms with Crippen molar-refractivity contribution < 1.29 is 14.1 Å². The van der Waals surface area contributed by atoms with Gasteiger partial charge in [0.05, 0.1) is 11.1 Å². The summed E-state index contributed by atoms with van der Waals surface area (Å²) in [6, 6.07) is 7.44. The lowest BCUT2D eigenvalue weighted by molar-refractivity contribution is -0.385. The van der Waals surface area contributed by atoms with Gasteiger partial charge in [0.2, 0.25) is 5.95 Å². The standard InChI is InChI=1S/C13H11FN2O3/c1-9-10(3-2-4-12(9)16(17)18)8-19-11-5-6-13(14)15-7-11/h2-7H,8H2,1H3. The molecule has 1 aromatic heterocycles. The van der Waals surface area contributed by atoms with E-state index in [1.54, 1.807) is 19.1 Å². The van der Waals surface area contributed by atoms with E-state index < -0.39 is 10.9 Å². The zero-order chi connectivity index (χ0) is 13.8. The van der Waals surface area contributed by atoms with Crippen LogP contribution in [-0.4, -0.2) is 9.91 Å². The summed E-state index contributed by atoms with van der Waals surface area (Å²) in [7, 11) is 0. The Labute approximate surface area is 108 Å². The molecule has 6 heteroatoms. The first kappa shape index (κ1) is 12.9. The number of benzene rings is 1. The average molecular weight is 262 g/mol. The smallest absolute Gasteiger partial charge is 0.272 e. The van der Waals surface area contributed by atoms with E-state index in [0.29, 0.717) is 16.9 Å². The van der Waals surface area contributed by atoms with E-state index in [1.165, 1.54) is 24.4 Å². The van der Waals surface area contributed by atoms with Gasteiger partial charge in [0.25, 0.3) is 5.69 Å². The van der Waals surface area contributed by atoms with Crippen molar-refractivity contribution in [3.05, 3.63) is 63.7 Å². The molecule has 0 fully saturated rings. The van der Waals surface area contributed by atoms with Crippen LogP contribution in [0, 0.1) is 23.0 Å². The molecule has 0 saturated heterocycles. The molecule has 0 bridgehead atoms. The Hall–Kier alpha value is -2.50. The lowest BCUT2D eigenvalue weighted by Gasteiger charge is -2.08. The summed E-state index contributed by atoms with van der Waals surface area (Å²) in [5, 5.41) is 10.8. The Kier molecular flexibility index (Phi) is 3.70. The number of hydrogen-bond acceptors (Lipinski definition) is 4. The van der Waals surface area contributed by atoms with Crippen molar-refractivity contribution in [2.75, 3.05) is 0 Å². The summed E-state index contributed by atoms with van der Waals surface area (Å²) in [6.07, 6.45) is 1.27. The minimum absolute atomic E-state index is 0.0540. The van der Waals surface area contributed by atoms with Gasteiger partial charge in [-0.3, -0.25) is 10.1 Å². The van der Waals surface area contributed by atoms with Crippen molar-refractivity contribution in [3.8, 4) is 5.75 Å². The second-order valence-electron chi connectivity index (χ2n) is 3.92. The van der Waals surface area contributed by atoms with Crippen molar-refractivity contribution in [2.45, 2.75) is 13.5 Å². The van der Waals surface area contributed by atoms with Gasteiger partial charge in [0, 0.05) is 11.6 Å². The highest BCUT2D eigenvalue weighted by atomic mass is 19.1. The first-order valence-electron chi connectivity index (χ1n) is 5.55. The highest BCUT2D eigenvalue weighted by Gasteiger charge is 2.13. The molecule has 2 aromatic rings. The Balaban J connectivity index is 2.13. The minimum Gasteiger partial charge on any atom is -0.487 e. The topological polar surface area (TPSA) is 65.3 Å². The fourth-order valence-corrected chi connectivity index (χ4v) is 1.63. The van der Waals surface area contributed by atoms with Gasteiger partial charge in [0.1, 0.15) is 12.4 Å². The number of ether oxygens (including phenoxy) is 1. The third kappa shape index (κ3) is 3.04. The van der Waals surface area contributed by atoms with E-state index >= 15 is 0 Å². The predicted molar refractivity (Wildman–Crippen MR) is 66.4 cm³/mol. The van der Waals surface area contributed by atoms with Gasteiger partial charge in [-0.25, -0.2) is 4.98 Å². The molecule has 0 aliphatic heterocycles. The molecule has 0 N–H and O–H groups in total. The van der Waals surface area contributed by atoms with E-state index in [0.717, 1.165) is 0 Å². The molecular formula is C13H11FN2O3. The van der Waals surface area contributed by atoms with Gasteiger partial charge in [-0.1, -0.05) is 12.1 Å². The first-order chi connectivity index (χ1) is 9.08. The van der Waals surface area contributed by atoms with Crippen molar-refractivity contribution in [3.63, 3.8) is 0 Å². The van der Waals surface area contributed by atoms with Crippen molar-refractivity contribution >= 4 is 5.69 Å². The number of nitro benzene ring substituents is 1. The van der Waals surface area contributed by atoms with E-state index in [1.807, 2.05) is 0 Å². The van der Waals surface area contributed by atoms with Crippen LogP contribution < -0.4 is 4.74 Å². The first-order valence-corrected chi connectivity index (χ1v) is 5.55.